The third-order valence-electron chi connectivity index (χ3n) is 6.23. The minimum atomic E-state index is -1.53. The summed E-state index contributed by atoms with van der Waals surface area (Å²) >= 11 is 0. The Bertz CT molecular complexity index is 713. The number of esters is 3. The van der Waals surface area contributed by atoms with Crippen molar-refractivity contribution in [2.24, 2.45) is 11.8 Å². The molecule has 5 atom stereocenters. The van der Waals surface area contributed by atoms with Gasteiger partial charge in [0.2, 0.25) is 5.60 Å². The van der Waals surface area contributed by atoms with Crippen LogP contribution >= 0.6 is 0 Å². The van der Waals surface area contributed by atoms with Crippen LogP contribution in [-0.4, -0.2) is 60.3 Å². The topological polar surface area (TPSA) is 82.1 Å². The summed E-state index contributed by atoms with van der Waals surface area (Å²) in [4.78, 5) is 39.5. The Morgan fingerprint density at radius 3 is 2.74 bits per heavy atom. The summed E-state index contributed by atoms with van der Waals surface area (Å²) in [5, 5.41) is 0. The molecule has 1 unspecified atom stereocenters. The summed E-state index contributed by atoms with van der Waals surface area (Å²) in [6.45, 7) is 11.8. The minimum Gasteiger partial charge on any atom is -0.458 e. The lowest BCUT2D eigenvalue weighted by molar-refractivity contribution is -0.187. The van der Waals surface area contributed by atoms with Gasteiger partial charge in [0.15, 0.2) is 0 Å². The van der Waals surface area contributed by atoms with Crippen LogP contribution in [0.5, 0.6) is 0 Å². The summed E-state index contributed by atoms with van der Waals surface area (Å²) in [6.07, 6.45) is 2.47. The first-order valence-corrected chi connectivity index (χ1v) is 9.34. The van der Waals surface area contributed by atoms with E-state index in [1.807, 2.05) is 6.08 Å². The number of carbonyl (C=O) groups is 3. The molecule has 0 aromatic heterocycles. The summed E-state index contributed by atoms with van der Waals surface area (Å²) < 4.78 is 16.7. The Labute approximate surface area is 159 Å². The highest BCUT2D eigenvalue weighted by molar-refractivity contribution is 5.89. The quantitative estimate of drug-likeness (QED) is 0.297. The molecule has 3 aliphatic heterocycles. The van der Waals surface area contributed by atoms with Gasteiger partial charge in [0, 0.05) is 31.5 Å². The van der Waals surface area contributed by atoms with E-state index in [0.717, 1.165) is 25.1 Å². The van der Waals surface area contributed by atoms with Crippen LogP contribution in [0.2, 0.25) is 0 Å². The lowest BCUT2D eigenvalue weighted by Crippen LogP contribution is -2.50. The van der Waals surface area contributed by atoms with Crippen molar-refractivity contribution in [3.8, 4) is 0 Å². The Balaban J connectivity index is 1.96. The predicted octanol–water partition coefficient (Wildman–Crippen LogP) is 1.62. The fourth-order valence-corrected chi connectivity index (χ4v) is 4.22. The number of carbonyl (C=O) groups excluding carboxylic acids is 3. The number of hydrogen-bond acceptors (Lipinski definition) is 7. The first-order chi connectivity index (χ1) is 12.6. The molecule has 3 heterocycles. The van der Waals surface area contributed by atoms with Crippen molar-refractivity contribution >= 4 is 17.9 Å². The van der Waals surface area contributed by atoms with Gasteiger partial charge in [-0.3, -0.25) is 9.69 Å². The molecule has 0 amide bonds. The molecule has 3 aliphatic rings. The van der Waals surface area contributed by atoms with E-state index in [-0.39, 0.29) is 24.3 Å². The molecule has 0 saturated carbocycles. The monoisotopic (exact) mass is 377 g/mol. The molecule has 27 heavy (non-hydrogen) atoms. The molecule has 0 aromatic rings. The molecule has 0 spiro atoms. The maximum atomic E-state index is 12.9. The molecule has 0 N–H and O–H groups in total. The second-order valence-electron chi connectivity index (χ2n) is 7.83. The van der Waals surface area contributed by atoms with Crippen molar-refractivity contribution in [2.45, 2.75) is 51.9 Å². The molecular weight excluding hydrogens is 350 g/mol. The highest BCUT2D eigenvalue weighted by Gasteiger charge is 2.49. The number of nitrogens with zero attached hydrogens (tertiary/aromatic N) is 1. The van der Waals surface area contributed by atoms with Gasteiger partial charge in [-0.15, -0.1) is 0 Å². The minimum absolute atomic E-state index is 0.0818. The van der Waals surface area contributed by atoms with Gasteiger partial charge in [-0.2, -0.15) is 0 Å². The van der Waals surface area contributed by atoms with E-state index in [1.54, 1.807) is 13.8 Å². The molecule has 3 rings (SSSR count). The maximum absolute atomic E-state index is 12.9. The van der Waals surface area contributed by atoms with Gasteiger partial charge in [-0.1, -0.05) is 26.5 Å². The van der Waals surface area contributed by atoms with Crippen LogP contribution in [0, 0.1) is 11.8 Å². The third-order valence-corrected chi connectivity index (χ3v) is 6.23. The average molecular weight is 377 g/mol. The molecule has 0 aliphatic carbocycles. The van der Waals surface area contributed by atoms with Gasteiger partial charge >= 0.3 is 17.9 Å². The van der Waals surface area contributed by atoms with Gasteiger partial charge in [-0.05, 0) is 24.8 Å². The van der Waals surface area contributed by atoms with E-state index in [0.29, 0.717) is 0 Å². The van der Waals surface area contributed by atoms with E-state index < -0.39 is 35.3 Å². The normalized spacial score (nSPS) is 37.5. The van der Waals surface area contributed by atoms with Crippen LogP contribution in [0.1, 0.15) is 34.1 Å². The summed E-state index contributed by atoms with van der Waals surface area (Å²) in [7, 11) is 0. The largest absolute Gasteiger partial charge is 0.458 e. The van der Waals surface area contributed by atoms with Gasteiger partial charge in [0.25, 0.3) is 0 Å². The van der Waals surface area contributed by atoms with Crippen molar-refractivity contribution in [3.05, 3.63) is 23.8 Å². The van der Waals surface area contributed by atoms with Crippen molar-refractivity contribution in [3.63, 3.8) is 0 Å². The van der Waals surface area contributed by atoms with E-state index >= 15 is 0 Å². The van der Waals surface area contributed by atoms with Gasteiger partial charge in [-0.25, -0.2) is 9.59 Å². The Morgan fingerprint density at radius 2 is 2.07 bits per heavy atom. The first kappa shape index (κ1) is 19.6. The number of ether oxygens (including phenoxy) is 3. The maximum Gasteiger partial charge on any atom is 0.350 e. The SMILES string of the molecule is C=C1C(=O)O[C@H]2CCN3CC=C(COC(=O)[C@@](C)(OC(C)=O)[C@H](C)[C@@H]1C)C23. The first-order valence-electron chi connectivity index (χ1n) is 9.34. The Morgan fingerprint density at radius 1 is 1.37 bits per heavy atom. The van der Waals surface area contributed by atoms with Crippen molar-refractivity contribution < 1.29 is 28.6 Å². The fraction of sp³-hybridized carbons (Fsp3) is 0.650. The highest BCUT2D eigenvalue weighted by Crippen LogP contribution is 2.37. The lowest BCUT2D eigenvalue weighted by Gasteiger charge is -2.37. The molecule has 0 radical (unpaired) electrons. The van der Waals surface area contributed by atoms with Crippen molar-refractivity contribution in [1.29, 1.82) is 0 Å². The Hall–Kier alpha value is -2.15. The van der Waals surface area contributed by atoms with Gasteiger partial charge in [0.05, 0.1) is 6.04 Å². The average Bonchev–Trinajstić information content (AvgIpc) is 3.19. The molecular formula is C20H27NO6. The van der Waals surface area contributed by atoms with Crippen LogP contribution in [-0.2, 0) is 28.6 Å². The fourth-order valence-electron chi connectivity index (χ4n) is 4.22. The zero-order chi connectivity index (χ0) is 19.9. The summed E-state index contributed by atoms with van der Waals surface area (Å²) in [6, 6.07) is -0.0818. The standard InChI is InChI=1S/C20H27NO6/c1-11-12(2)18(23)26-16-7-9-21-8-6-15(17(16)21)10-25-19(24)20(5,13(11)3)27-14(4)22/h6,11,13,16-17H,2,7-10H2,1,3-5H3/t11-,13-,16+,17?,20+/m1/s1. The van der Waals surface area contributed by atoms with E-state index in [9.17, 15) is 14.4 Å². The van der Waals surface area contributed by atoms with E-state index in [4.69, 9.17) is 14.2 Å². The van der Waals surface area contributed by atoms with Crippen LogP contribution < -0.4 is 0 Å². The zero-order valence-corrected chi connectivity index (χ0v) is 16.3. The highest BCUT2D eigenvalue weighted by atomic mass is 16.6. The molecule has 2 saturated heterocycles. The molecule has 2 fully saturated rings. The third kappa shape index (κ3) is 3.40. The van der Waals surface area contributed by atoms with Gasteiger partial charge in [0.1, 0.15) is 12.7 Å². The number of rotatable bonds is 1. The van der Waals surface area contributed by atoms with Crippen LogP contribution in [0.3, 0.4) is 0 Å². The van der Waals surface area contributed by atoms with E-state index in [2.05, 4.69) is 11.5 Å². The second-order valence-corrected chi connectivity index (χ2v) is 7.83. The number of hydrogen-bond donors (Lipinski definition) is 0. The summed E-state index contributed by atoms with van der Waals surface area (Å²) in [5.74, 6) is -2.64. The molecule has 0 aromatic carbocycles. The molecule has 7 nitrogen and oxygen atoms in total. The molecule has 0 bridgehead atoms. The van der Waals surface area contributed by atoms with Crippen LogP contribution in [0.4, 0.5) is 0 Å². The van der Waals surface area contributed by atoms with Crippen molar-refractivity contribution in [1.82, 2.24) is 4.90 Å². The zero-order valence-electron chi connectivity index (χ0n) is 16.3. The molecule has 148 valence electrons. The predicted molar refractivity (Wildman–Crippen MR) is 96.5 cm³/mol. The Kier molecular flexibility index (Phi) is 5.16. The lowest BCUT2D eigenvalue weighted by atomic mass is 9.77. The molecule has 7 heteroatoms. The second kappa shape index (κ2) is 7.11. The van der Waals surface area contributed by atoms with Crippen molar-refractivity contribution in [2.75, 3.05) is 19.7 Å². The van der Waals surface area contributed by atoms with Crippen LogP contribution in [0.15, 0.2) is 23.8 Å². The van der Waals surface area contributed by atoms with Crippen LogP contribution in [0.25, 0.3) is 0 Å². The van der Waals surface area contributed by atoms with E-state index in [1.165, 1.54) is 13.8 Å². The van der Waals surface area contributed by atoms with Gasteiger partial charge < -0.3 is 14.2 Å². The smallest absolute Gasteiger partial charge is 0.350 e. The summed E-state index contributed by atoms with van der Waals surface area (Å²) in [5.41, 5.74) is -0.353. The number of cyclic esters (lactones) is 1.